The summed E-state index contributed by atoms with van der Waals surface area (Å²) in [6.07, 6.45) is 3.20. The van der Waals surface area contributed by atoms with E-state index in [1.165, 1.54) is 0 Å². The molecule has 1 fully saturated rings. The Morgan fingerprint density at radius 3 is 2.47 bits per heavy atom. The van der Waals surface area contributed by atoms with E-state index in [1.807, 2.05) is 0 Å². The molecule has 19 heavy (non-hydrogen) atoms. The van der Waals surface area contributed by atoms with Crippen LogP contribution in [0.25, 0.3) is 0 Å². The quantitative estimate of drug-likeness (QED) is 0.867. The zero-order chi connectivity index (χ0) is 14.0. The molecule has 1 amide bonds. The Hall–Kier alpha value is -1.85. The van der Waals surface area contributed by atoms with Crippen molar-refractivity contribution < 1.29 is 19.1 Å². The van der Waals surface area contributed by atoms with Gasteiger partial charge in [0.15, 0.2) is 5.89 Å². The Balaban J connectivity index is 2.15. The van der Waals surface area contributed by atoms with Gasteiger partial charge in [0.25, 0.3) is 5.91 Å². The van der Waals surface area contributed by atoms with Gasteiger partial charge >= 0.3 is 5.97 Å². The van der Waals surface area contributed by atoms with Crippen LogP contribution in [-0.4, -0.2) is 27.5 Å². The summed E-state index contributed by atoms with van der Waals surface area (Å²) in [6.45, 7) is 3.37. The first-order valence-electron chi connectivity index (χ1n) is 6.40. The van der Waals surface area contributed by atoms with E-state index in [9.17, 15) is 9.59 Å². The van der Waals surface area contributed by atoms with E-state index < -0.39 is 11.5 Å². The molecule has 1 aliphatic rings. The average molecular weight is 266 g/mol. The lowest BCUT2D eigenvalue weighted by atomic mass is 9.93. The van der Waals surface area contributed by atoms with Crippen LogP contribution in [-0.2, 0) is 4.79 Å². The number of carbonyl (C=O) groups is 2. The molecule has 6 heteroatoms. The van der Waals surface area contributed by atoms with Crippen molar-refractivity contribution in [3.63, 3.8) is 0 Å². The van der Waals surface area contributed by atoms with E-state index >= 15 is 0 Å². The Bertz CT molecular complexity index is 501. The number of nitrogens with one attached hydrogen (secondary N) is 1. The van der Waals surface area contributed by atoms with E-state index in [-0.39, 0.29) is 18.1 Å². The minimum Gasteiger partial charge on any atom is -0.481 e. The number of carbonyl (C=O) groups excluding carboxylic acids is 1. The lowest BCUT2D eigenvalue weighted by Crippen LogP contribution is -2.47. The molecule has 0 spiro atoms. The molecule has 0 atom stereocenters. The van der Waals surface area contributed by atoms with Gasteiger partial charge in [0.1, 0.15) is 0 Å². The maximum Gasteiger partial charge on any atom is 0.305 e. The Morgan fingerprint density at radius 1 is 1.37 bits per heavy atom. The zero-order valence-corrected chi connectivity index (χ0v) is 11.2. The van der Waals surface area contributed by atoms with Gasteiger partial charge in [0.2, 0.25) is 5.76 Å². The summed E-state index contributed by atoms with van der Waals surface area (Å²) in [7, 11) is 0. The highest BCUT2D eigenvalue weighted by Gasteiger charge is 2.38. The highest BCUT2D eigenvalue weighted by molar-refractivity contribution is 5.93. The first-order chi connectivity index (χ1) is 8.92. The van der Waals surface area contributed by atoms with Crippen molar-refractivity contribution in [2.75, 3.05) is 0 Å². The van der Waals surface area contributed by atoms with Gasteiger partial charge in [-0.05, 0) is 19.8 Å². The number of aliphatic carboxylic acids is 1. The smallest absolute Gasteiger partial charge is 0.305 e. The van der Waals surface area contributed by atoms with Crippen LogP contribution in [0.1, 0.15) is 54.2 Å². The first kappa shape index (κ1) is 13.6. The highest BCUT2D eigenvalue weighted by Crippen LogP contribution is 2.33. The first-order valence-corrected chi connectivity index (χ1v) is 6.40. The monoisotopic (exact) mass is 266 g/mol. The van der Waals surface area contributed by atoms with E-state index in [0.717, 1.165) is 12.8 Å². The van der Waals surface area contributed by atoms with Crippen molar-refractivity contribution >= 4 is 11.9 Å². The molecule has 1 aromatic rings. The molecule has 0 aromatic carbocycles. The van der Waals surface area contributed by atoms with Gasteiger partial charge in [-0.15, -0.1) is 0 Å². The zero-order valence-electron chi connectivity index (χ0n) is 11.2. The summed E-state index contributed by atoms with van der Waals surface area (Å²) in [4.78, 5) is 27.2. The van der Waals surface area contributed by atoms with Crippen molar-refractivity contribution in [3.05, 3.63) is 17.3 Å². The number of amides is 1. The summed E-state index contributed by atoms with van der Waals surface area (Å²) in [5.41, 5.74) is -0.116. The molecule has 1 aliphatic carbocycles. The lowest BCUT2D eigenvalue weighted by Gasteiger charge is -2.28. The maximum absolute atomic E-state index is 12.2. The molecule has 1 aromatic heterocycles. The summed E-state index contributed by atoms with van der Waals surface area (Å²) < 4.78 is 5.27. The third kappa shape index (κ3) is 2.94. The molecule has 104 valence electrons. The van der Waals surface area contributed by atoms with Crippen molar-refractivity contribution in [1.82, 2.24) is 10.3 Å². The van der Waals surface area contributed by atoms with Crippen LogP contribution >= 0.6 is 0 Å². The van der Waals surface area contributed by atoms with Gasteiger partial charge in [0, 0.05) is 6.92 Å². The number of rotatable bonds is 4. The number of aryl methyl sites for hydroxylation is 2. The van der Waals surface area contributed by atoms with Crippen LogP contribution in [0.15, 0.2) is 4.42 Å². The summed E-state index contributed by atoms with van der Waals surface area (Å²) in [6, 6.07) is 0. The number of oxazole rings is 1. The number of carboxylic acids is 1. The van der Waals surface area contributed by atoms with Crippen LogP contribution in [0.3, 0.4) is 0 Å². The van der Waals surface area contributed by atoms with Gasteiger partial charge in [-0.2, -0.15) is 0 Å². The van der Waals surface area contributed by atoms with Crippen LogP contribution in [0.2, 0.25) is 0 Å². The Kier molecular flexibility index (Phi) is 3.59. The third-order valence-electron chi connectivity index (χ3n) is 3.54. The number of hydrogen-bond acceptors (Lipinski definition) is 4. The maximum atomic E-state index is 12.2. The number of aromatic nitrogens is 1. The van der Waals surface area contributed by atoms with Crippen molar-refractivity contribution in [1.29, 1.82) is 0 Å². The molecule has 0 unspecified atom stereocenters. The molecular formula is C13H18N2O4. The second-order valence-electron chi connectivity index (χ2n) is 5.16. The van der Waals surface area contributed by atoms with Gasteiger partial charge in [-0.1, -0.05) is 12.8 Å². The van der Waals surface area contributed by atoms with Gasteiger partial charge in [-0.3, -0.25) is 9.59 Å². The fourth-order valence-electron chi connectivity index (χ4n) is 2.73. The topological polar surface area (TPSA) is 92.4 Å². The minimum absolute atomic E-state index is 0.0507. The lowest BCUT2D eigenvalue weighted by molar-refractivity contribution is -0.138. The van der Waals surface area contributed by atoms with Crippen molar-refractivity contribution in [3.8, 4) is 0 Å². The average Bonchev–Trinajstić information content (AvgIpc) is 2.85. The molecule has 0 bridgehead atoms. The molecule has 1 heterocycles. The van der Waals surface area contributed by atoms with E-state index in [1.54, 1.807) is 13.8 Å². The predicted molar refractivity (Wildman–Crippen MR) is 66.9 cm³/mol. The van der Waals surface area contributed by atoms with Crippen molar-refractivity contribution in [2.24, 2.45) is 0 Å². The third-order valence-corrected chi connectivity index (χ3v) is 3.54. The summed E-state index contributed by atoms with van der Waals surface area (Å²) in [5, 5.41) is 11.8. The van der Waals surface area contributed by atoms with Crippen LogP contribution in [0, 0.1) is 13.8 Å². The second kappa shape index (κ2) is 5.03. The minimum atomic E-state index is -0.896. The van der Waals surface area contributed by atoms with Crippen molar-refractivity contribution in [2.45, 2.75) is 51.5 Å². The number of nitrogens with zero attached hydrogens (tertiary/aromatic N) is 1. The molecule has 2 rings (SSSR count). The van der Waals surface area contributed by atoms with Gasteiger partial charge < -0.3 is 14.8 Å². The molecule has 0 aliphatic heterocycles. The molecular weight excluding hydrogens is 248 g/mol. The van der Waals surface area contributed by atoms with Crippen LogP contribution < -0.4 is 5.32 Å². The molecule has 2 N–H and O–H groups in total. The molecule has 6 nitrogen and oxygen atoms in total. The summed E-state index contributed by atoms with van der Waals surface area (Å²) in [5.74, 6) is -0.663. The highest BCUT2D eigenvalue weighted by atomic mass is 16.4. The van der Waals surface area contributed by atoms with Gasteiger partial charge in [-0.25, -0.2) is 4.98 Å². The van der Waals surface area contributed by atoms with Gasteiger partial charge in [0.05, 0.1) is 17.7 Å². The second-order valence-corrected chi connectivity index (χ2v) is 5.16. The van der Waals surface area contributed by atoms with E-state index in [4.69, 9.17) is 9.52 Å². The SMILES string of the molecule is Cc1nc(C)c(C(=O)NC2(CC(=O)O)CCCC2)o1. The normalized spacial score (nSPS) is 17.4. The number of carboxylic acid groups (broad SMARTS) is 1. The molecule has 0 radical (unpaired) electrons. The van der Waals surface area contributed by atoms with Crippen LogP contribution in [0.4, 0.5) is 0 Å². The fraction of sp³-hybridized carbons (Fsp3) is 0.615. The van der Waals surface area contributed by atoms with E-state index in [0.29, 0.717) is 24.4 Å². The summed E-state index contributed by atoms with van der Waals surface area (Å²) >= 11 is 0. The van der Waals surface area contributed by atoms with E-state index in [2.05, 4.69) is 10.3 Å². The fourth-order valence-corrected chi connectivity index (χ4v) is 2.73. The standard InChI is InChI=1S/C13H18N2O4/c1-8-11(19-9(2)14-8)12(18)15-13(7-10(16)17)5-3-4-6-13/h3-7H2,1-2H3,(H,15,18)(H,16,17). The predicted octanol–water partition coefficient (Wildman–Crippen LogP) is 1.81. The molecule has 1 saturated carbocycles. The molecule has 0 saturated heterocycles. The Morgan fingerprint density at radius 2 is 2.00 bits per heavy atom. The number of hydrogen-bond donors (Lipinski definition) is 2. The van der Waals surface area contributed by atoms with Crippen LogP contribution in [0.5, 0.6) is 0 Å². The Labute approximate surface area is 111 Å². The largest absolute Gasteiger partial charge is 0.481 e.